The average molecular weight is 669 g/mol. The fourth-order valence-electron chi connectivity index (χ4n) is 4.05. The van der Waals surface area contributed by atoms with Crippen molar-refractivity contribution in [1.29, 1.82) is 0 Å². The summed E-state index contributed by atoms with van der Waals surface area (Å²) in [5.74, 6) is -0.874. The van der Waals surface area contributed by atoms with Crippen LogP contribution in [-0.2, 0) is 32.6 Å². The largest absolute Gasteiger partial charge is 0.352 e. The van der Waals surface area contributed by atoms with E-state index in [9.17, 15) is 18.0 Å². The number of rotatable bonds is 12. The Kier molecular flexibility index (Phi) is 11.5. The van der Waals surface area contributed by atoms with Crippen molar-refractivity contribution in [1.82, 2.24) is 10.2 Å². The molecule has 2 atom stereocenters. The molecule has 7 nitrogen and oxygen atoms in total. The summed E-state index contributed by atoms with van der Waals surface area (Å²) in [7, 11) is -3.84. The fourth-order valence-corrected chi connectivity index (χ4v) is 5.49. The monoisotopic (exact) mass is 667 g/mol. The maximum atomic E-state index is 14.1. The van der Waals surface area contributed by atoms with E-state index in [1.807, 2.05) is 44.2 Å². The molecule has 0 unspecified atom stereocenters. The summed E-state index contributed by atoms with van der Waals surface area (Å²) in [6.07, 6.45) is 1.98. The minimum absolute atomic E-state index is 0.0130. The standard InChI is InChI=1S/C29H32BrCl2N3O4S/c1-4-20(2)33-29(37)27(17-21-8-6-5-7-9-21)34(18-22-10-15-25(31)26(32)16-22)28(36)19-35(40(3,38)39)24-13-11-23(30)12-14-24/h5-16,20,27H,4,17-19H2,1-3H3,(H,33,37)/t20-,27+/m0/s1. The minimum atomic E-state index is -3.84. The fraction of sp³-hybridized carbons (Fsp3) is 0.310. The third-order valence-electron chi connectivity index (χ3n) is 6.40. The van der Waals surface area contributed by atoms with Crippen LogP contribution >= 0.6 is 39.1 Å². The first-order chi connectivity index (χ1) is 18.9. The minimum Gasteiger partial charge on any atom is -0.352 e. The summed E-state index contributed by atoms with van der Waals surface area (Å²) < 4.78 is 27.5. The lowest BCUT2D eigenvalue weighted by Gasteiger charge is -2.34. The normalized spacial score (nSPS) is 12.8. The maximum Gasteiger partial charge on any atom is 0.244 e. The van der Waals surface area contributed by atoms with Crippen LogP contribution in [0.3, 0.4) is 0 Å². The van der Waals surface area contributed by atoms with Crippen LogP contribution in [0.5, 0.6) is 0 Å². The van der Waals surface area contributed by atoms with E-state index >= 15 is 0 Å². The third kappa shape index (κ3) is 8.96. The van der Waals surface area contributed by atoms with Crippen molar-refractivity contribution < 1.29 is 18.0 Å². The maximum absolute atomic E-state index is 14.1. The Morgan fingerprint density at radius 3 is 2.17 bits per heavy atom. The van der Waals surface area contributed by atoms with E-state index in [2.05, 4.69) is 21.2 Å². The molecule has 1 N–H and O–H groups in total. The van der Waals surface area contributed by atoms with Gasteiger partial charge in [-0.05, 0) is 60.9 Å². The van der Waals surface area contributed by atoms with Crippen molar-refractivity contribution >= 4 is 66.7 Å². The van der Waals surface area contributed by atoms with Crippen LogP contribution in [0.25, 0.3) is 0 Å². The predicted molar refractivity (Wildman–Crippen MR) is 165 cm³/mol. The Bertz CT molecular complexity index is 1420. The summed E-state index contributed by atoms with van der Waals surface area (Å²) in [6.45, 7) is 3.36. The van der Waals surface area contributed by atoms with Gasteiger partial charge >= 0.3 is 0 Å². The lowest BCUT2D eigenvalue weighted by molar-refractivity contribution is -0.140. The molecule has 3 aromatic rings. The molecule has 0 spiro atoms. The SMILES string of the molecule is CC[C@H](C)NC(=O)[C@@H](Cc1ccccc1)N(Cc1ccc(Cl)c(Cl)c1)C(=O)CN(c1ccc(Br)cc1)S(C)(=O)=O. The highest BCUT2D eigenvalue weighted by Gasteiger charge is 2.33. The molecule has 0 aliphatic heterocycles. The van der Waals surface area contributed by atoms with E-state index in [1.54, 1.807) is 42.5 Å². The van der Waals surface area contributed by atoms with E-state index in [1.165, 1.54) is 4.90 Å². The number of hydrogen-bond donors (Lipinski definition) is 1. The Morgan fingerprint density at radius 1 is 0.950 bits per heavy atom. The lowest BCUT2D eigenvalue weighted by Crippen LogP contribution is -2.54. The van der Waals surface area contributed by atoms with Gasteiger partial charge in [-0.3, -0.25) is 13.9 Å². The molecule has 0 saturated carbocycles. The van der Waals surface area contributed by atoms with Gasteiger partial charge in [-0.15, -0.1) is 0 Å². The summed E-state index contributed by atoms with van der Waals surface area (Å²) in [5, 5.41) is 3.66. The molecule has 0 aliphatic rings. The quantitative estimate of drug-likeness (QED) is 0.254. The first-order valence-electron chi connectivity index (χ1n) is 12.7. The van der Waals surface area contributed by atoms with Gasteiger partial charge in [0.15, 0.2) is 0 Å². The first-order valence-corrected chi connectivity index (χ1v) is 16.1. The molecule has 0 heterocycles. The zero-order valence-corrected chi connectivity index (χ0v) is 26.4. The number of nitrogens with zero attached hydrogens (tertiary/aromatic N) is 2. The Hall–Kier alpha value is -2.59. The van der Waals surface area contributed by atoms with Crippen molar-refractivity contribution in [2.75, 3.05) is 17.1 Å². The molecule has 0 radical (unpaired) electrons. The van der Waals surface area contributed by atoms with Gasteiger partial charge in [-0.1, -0.05) is 82.5 Å². The first kappa shape index (κ1) is 31.9. The number of sulfonamides is 1. The molecule has 40 heavy (non-hydrogen) atoms. The van der Waals surface area contributed by atoms with Crippen LogP contribution in [0, 0.1) is 0 Å². The van der Waals surface area contributed by atoms with E-state index in [0.29, 0.717) is 27.7 Å². The van der Waals surface area contributed by atoms with Crippen LogP contribution < -0.4 is 9.62 Å². The summed E-state index contributed by atoms with van der Waals surface area (Å²) >= 11 is 15.7. The molecular formula is C29H32BrCl2N3O4S. The van der Waals surface area contributed by atoms with Crippen molar-refractivity contribution in [3.05, 3.63) is 98.4 Å². The summed E-state index contributed by atoms with van der Waals surface area (Å²) in [4.78, 5) is 29.2. The van der Waals surface area contributed by atoms with Crippen molar-refractivity contribution in [3.63, 3.8) is 0 Å². The van der Waals surface area contributed by atoms with Gasteiger partial charge < -0.3 is 10.2 Å². The average Bonchev–Trinajstić information content (AvgIpc) is 2.91. The number of hydrogen-bond acceptors (Lipinski definition) is 4. The molecule has 0 fully saturated rings. The molecule has 2 amide bonds. The van der Waals surface area contributed by atoms with Crippen LogP contribution in [0.15, 0.2) is 77.3 Å². The van der Waals surface area contributed by atoms with Gasteiger partial charge in [0, 0.05) is 23.5 Å². The molecule has 0 aromatic heterocycles. The molecule has 214 valence electrons. The molecule has 0 aliphatic carbocycles. The van der Waals surface area contributed by atoms with Gasteiger partial charge in [0.05, 0.1) is 22.0 Å². The lowest BCUT2D eigenvalue weighted by atomic mass is 10.0. The van der Waals surface area contributed by atoms with Crippen LogP contribution in [0.1, 0.15) is 31.4 Å². The molecule has 0 bridgehead atoms. The van der Waals surface area contributed by atoms with Gasteiger partial charge in [-0.25, -0.2) is 8.42 Å². The molecule has 3 aromatic carbocycles. The summed E-state index contributed by atoms with van der Waals surface area (Å²) in [5.41, 5.74) is 1.83. The summed E-state index contributed by atoms with van der Waals surface area (Å²) in [6, 6.07) is 19.9. The van der Waals surface area contributed by atoms with E-state index in [4.69, 9.17) is 23.2 Å². The Balaban J connectivity index is 2.07. The van der Waals surface area contributed by atoms with Gasteiger partial charge in [0.1, 0.15) is 12.6 Å². The number of nitrogens with one attached hydrogen (secondary N) is 1. The number of halogens is 3. The number of benzene rings is 3. The van der Waals surface area contributed by atoms with Crippen LogP contribution in [-0.4, -0.2) is 50.0 Å². The molecule has 11 heteroatoms. The van der Waals surface area contributed by atoms with E-state index in [0.717, 1.165) is 20.6 Å². The Labute approximate surface area is 254 Å². The predicted octanol–water partition coefficient (Wildman–Crippen LogP) is 6.08. The highest BCUT2D eigenvalue weighted by atomic mass is 79.9. The Morgan fingerprint density at radius 2 is 1.60 bits per heavy atom. The van der Waals surface area contributed by atoms with Crippen molar-refractivity contribution in [2.45, 2.75) is 45.3 Å². The zero-order valence-electron chi connectivity index (χ0n) is 22.5. The molecular weight excluding hydrogens is 637 g/mol. The van der Waals surface area contributed by atoms with E-state index < -0.39 is 28.5 Å². The highest BCUT2D eigenvalue weighted by molar-refractivity contribution is 9.10. The molecule has 3 rings (SSSR count). The van der Waals surface area contributed by atoms with Gasteiger partial charge in [0.25, 0.3) is 0 Å². The highest BCUT2D eigenvalue weighted by Crippen LogP contribution is 2.26. The number of carbonyl (C=O) groups is 2. The van der Waals surface area contributed by atoms with Gasteiger partial charge in [0.2, 0.25) is 21.8 Å². The number of carbonyl (C=O) groups excluding carboxylic acids is 2. The second-order valence-electron chi connectivity index (χ2n) is 9.54. The third-order valence-corrected chi connectivity index (χ3v) is 8.81. The number of anilines is 1. The number of amides is 2. The van der Waals surface area contributed by atoms with E-state index in [-0.39, 0.29) is 24.9 Å². The van der Waals surface area contributed by atoms with Crippen molar-refractivity contribution in [2.24, 2.45) is 0 Å². The molecule has 0 saturated heterocycles. The second kappa shape index (κ2) is 14.3. The zero-order chi connectivity index (χ0) is 29.4. The van der Waals surface area contributed by atoms with Crippen LogP contribution in [0.2, 0.25) is 10.0 Å². The smallest absolute Gasteiger partial charge is 0.244 e. The topological polar surface area (TPSA) is 86.8 Å². The van der Waals surface area contributed by atoms with Gasteiger partial charge in [-0.2, -0.15) is 0 Å². The second-order valence-corrected chi connectivity index (χ2v) is 13.2. The van der Waals surface area contributed by atoms with Crippen molar-refractivity contribution in [3.8, 4) is 0 Å². The van der Waals surface area contributed by atoms with Crippen LogP contribution in [0.4, 0.5) is 5.69 Å².